The predicted molar refractivity (Wildman–Crippen MR) is 27.6 cm³/mol. The maximum Gasteiger partial charge on any atom is 0.335 e. The maximum atomic E-state index is 10.1. The average Bonchev–Trinajstić information content (AvgIpc) is 1.30. The van der Waals surface area contributed by atoms with Crippen molar-refractivity contribution >= 4 is 7.67 Å². The van der Waals surface area contributed by atoms with Crippen LogP contribution >= 0.6 is 7.67 Å². The molecule has 0 amide bonds. The molecule has 0 atom stereocenters. The first-order chi connectivity index (χ1) is 3.06. The van der Waals surface area contributed by atoms with E-state index < -0.39 is 7.67 Å². The van der Waals surface area contributed by atoms with E-state index in [0.29, 0.717) is 6.61 Å². The van der Waals surface area contributed by atoms with Gasteiger partial charge in [-0.1, -0.05) is 0 Å². The molecule has 4 N–H and O–H groups in total. The van der Waals surface area contributed by atoms with Crippen molar-refractivity contribution in [3.63, 3.8) is 0 Å². The van der Waals surface area contributed by atoms with Crippen molar-refractivity contribution < 1.29 is 9.09 Å². The van der Waals surface area contributed by atoms with E-state index in [2.05, 4.69) is 4.52 Å². The molecule has 5 heteroatoms. The highest BCUT2D eigenvalue weighted by molar-refractivity contribution is 7.53. The van der Waals surface area contributed by atoms with Gasteiger partial charge in [-0.3, -0.25) is 4.57 Å². The van der Waals surface area contributed by atoms with Crippen molar-refractivity contribution in [1.29, 1.82) is 0 Å². The Kier molecular flexibility index (Phi) is 2.46. The van der Waals surface area contributed by atoms with Crippen LogP contribution in [0.2, 0.25) is 0 Å². The van der Waals surface area contributed by atoms with Crippen molar-refractivity contribution in [1.82, 2.24) is 0 Å². The van der Waals surface area contributed by atoms with Gasteiger partial charge in [0.25, 0.3) is 0 Å². The van der Waals surface area contributed by atoms with Crippen LogP contribution in [0.4, 0.5) is 0 Å². The van der Waals surface area contributed by atoms with E-state index in [9.17, 15) is 4.57 Å². The maximum absolute atomic E-state index is 10.1. The van der Waals surface area contributed by atoms with Gasteiger partial charge in [0, 0.05) is 0 Å². The molecule has 0 heterocycles. The summed E-state index contributed by atoms with van der Waals surface area (Å²) in [5, 5.41) is 0. The molecular weight excluding hydrogens is 115 g/mol. The highest BCUT2D eigenvalue weighted by Gasteiger charge is 2.03. The molecule has 0 aliphatic heterocycles. The second-order valence-corrected chi connectivity index (χ2v) is 2.61. The first-order valence-corrected chi connectivity index (χ1v) is 3.64. The SMILES string of the molecule is CCOP(N)(N)=O. The Morgan fingerprint density at radius 1 is 1.71 bits per heavy atom. The van der Waals surface area contributed by atoms with Crippen LogP contribution in [0, 0.1) is 0 Å². The molecule has 0 saturated heterocycles. The zero-order valence-electron chi connectivity index (χ0n) is 4.13. The first-order valence-electron chi connectivity index (χ1n) is 1.88. The smallest absolute Gasteiger partial charge is 0.307 e. The predicted octanol–water partition coefficient (Wildman–Crippen LogP) is 0.0484. The molecule has 0 aromatic heterocycles. The average molecular weight is 124 g/mol. The highest BCUT2D eigenvalue weighted by Crippen LogP contribution is 2.24. The minimum atomic E-state index is -3.17. The van der Waals surface area contributed by atoms with Gasteiger partial charge in [-0.25, -0.2) is 11.0 Å². The molecule has 0 rings (SSSR count). The number of hydrogen-bond acceptors (Lipinski definition) is 2. The molecule has 7 heavy (non-hydrogen) atoms. The summed E-state index contributed by atoms with van der Waals surface area (Å²) in [7, 11) is -3.17. The molecule has 0 saturated carbocycles. The van der Waals surface area contributed by atoms with Crippen LogP contribution < -0.4 is 11.0 Å². The Balaban J connectivity index is 3.36. The van der Waals surface area contributed by atoms with Crippen LogP contribution in [0.25, 0.3) is 0 Å². The molecule has 0 aliphatic rings. The van der Waals surface area contributed by atoms with Crippen molar-refractivity contribution in [2.24, 2.45) is 11.0 Å². The molecule has 4 nitrogen and oxygen atoms in total. The zero-order valence-corrected chi connectivity index (χ0v) is 5.02. The van der Waals surface area contributed by atoms with Gasteiger partial charge in [0.2, 0.25) is 0 Å². The second kappa shape index (κ2) is 2.43. The molecule has 0 bridgehead atoms. The number of hydrogen-bond donors (Lipinski definition) is 2. The van der Waals surface area contributed by atoms with E-state index in [4.69, 9.17) is 11.0 Å². The summed E-state index contributed by atoms with van der Waals surface area (Å²) in [6.45, 7) is 1.97. The van der Waals surface area contributed by atoms with E-state index in [0.717, 1.165) is 0 Å². The number of rotatable bonds is 2. The summed E-state index contributed by atoms with van der Waals surface area (Å²) in [6.07, 6.45) is 0. The van der Waals surface area contributed by atoms with Crippen LogP contribution in [0.1, 0.15) is 6.92 Å². The molecule has 0 radical (unpaired) electrons. The first kappa shape index (κ1) is 7.11. The van der Waals surface area contributed by atoms with Crippen LogP contribution in [0.3, 0.4) is 0 Å². The molecule has 0 fully saturated rings. The Hall–Kier alpha value is 0.110. The zero-order chi connectivity index (χ0) is 5.91. The van der Waals surface area contributed by atoms with E-state index in [1.807, 2.05) is 0 Å². The molecule has 44 valence electrons. The van der Waals surface area contributed by atoms with Gasteiger partial charge >= 0.3 is 7.67 Å². The third-order valence-electron chi connectivity index (χ3n) is 0.331. The Morgan fingerprint density at radius 2 is 2.14 bits per heavy atom. The van der Waals surface area contributed by atoms with Crippen molar-refractivity contribution in [2.45, 2.75) is 6.92 Å². The van der Waals surface area contributed by atoms with E-state index >= 15 is 0 Å². The van der Waals surface area contributed by atoms with Crippen LogP contribution in [0.15, 0.2) is 0 Å². The largest absolute Gasteiger partial charge is 0.335 e. The minimum absolute atomic E-state index is 0.296. The third-order valence-corrected chi connectivity index (χ3v) is 0.993. The van der Waals surface area contributed by atoms with E-state index in [1.54, 1.807) is 6.92 Å². The van der Waals surface area contributed by atoms with Crippen LogP contribution in [-0.4, -0.2) is 6.61 Å². The lowest BCUT2D eigenvalue weighted by Crippen LogP contribution is -2.07. The van der Waals surface area contributed by atoms with Gasteiger partial charge < -0.3 is 4.52 Å². The van der Waals surface area contributed by atoms with Crippen LogP contribution in [-0.2, 0) is 9.09 Å². The fourth-order valence-corrected chi connectivity index (χ4v) is 0.605. The standard InChI is InChI=1S/C2H9N2O2P/c1-2-6-7(3,4)5/h2H2,1H3,(H4,3,4,5). The van der Waals surface area contributed by atoms with Crippen LogP contribution in [0.5, 0.6) is 0 Å². The number of nitrogens with two attached hydrogens (primary N) is 2. The van der Waals surface area contributed by atoms with E-state index in [-0.39, 0.29) is 0 Å². The highest BCUT2D eigenvalue weighted by atomic mass is 31.2. The minimum Gasteiger partial charge on any atom is -0.307 e. The van der Waals surface area contributed by atoms with Gasteiger partial charge in [-0.15, -0.1) is 0 Å². The third kappa shape index (κ3) is 6.11. The molecule has 0 unspecified atom stereocenters. The lowest BCUT2D eigenvalue weighted by atomic mass is 10.9. The normalized spacial score (nSPS) is 11.9. The summed E-state index contributed by atoms with van der Waals surface area (Å²) in [5.41, 5.74) is 9.51. The molecule has 0 aromatic carbocycles. The molecular formula is C2H9N2O2P. The van der Waals surface area contributed by atoms with Gasteiger partial charge in [0.15, 0.2) is 0 Å². The lowest BCUT2D eigenvalue weighted by molar-refractivity contribution is 0.334. The van der Waals surface area contributed by atoms with Gasteiger partial charge in [-0.2, -0.15) is 0 Å². The van der Waals surface area contributed by atoms with Gasteiger partial charge in [-0.05, 0) is 6.92 Å². The van der Waals surface area contributed by atoms with E-state index in [1.165, 1.54) is 0 Å². The fourth-order valence-electron chi connectivity index (χ4n) is 0.202. The fraction of sp³-hybridized carbons (Fsp3) is 1.00. The summed E-state index contributed by atoms with van der Waals surface area (Å²) < 4.78 is 14.5. The van der Waals surface area contributed by atoms with Gasteiger partial charge in [0.05, 0.1) is 6.61 Å². The lowest BCUT2D eigenvalue weighted by Gasteiger charge is -2.01. The van der Waals surface area contributed by atoms with Crippen molar-refractivity contribution in [2.75, 3.05) is 6.61 Å². The molecule has 0 aromatic rings. The Labute approximate surface area is 42.4 Å². The summed E-state index contributed by atoms with van der Waals surface area (Å²) in [5.74, 6) is 0. The molecule has 0 spiro atoms. The Morgan fingerprint density at radius 3 is 2.14 bits per heavy atom. The summed E-state index contributed by atoms with van der Waals surface area (Å²) >= 11 is 0. The van der Waals surface area contributed by atoms with Crippen molar-refractivity contribution in [3.8, 4) is 0 Å². The van der Waals surface area contributed by atoms with Crippen molar-refractivity contribution in [3.05, 3.63) is 0 Å². The summed E-state index contributed by atoms with van der Waals surface area (Å²) in [4.78, 5) is 0. The Bertz CT molecular complexity index is 87.7. The van der Waals surface area contributed by atoms with Gasteiger partial charge in [0.1, 0.15) is 0 Å². The molecule has 0 aliphatic carbocycles. The quantitative estimate of drug-likeness (QED) is 0.509. The topological polar surface area (TPSA) is 78.3 Å². The second-order valence-electron chi connectivity index (χ2n) is 1.06. The monoisotopic (exact) mass is 124 g/mol. The summed E-state index contributed by atoms with van der Waals surface area (Å²) in [6, 6.07) is 0.